The van der Waals surface area contributed by atoms with E-state index in [1.807, 2.05) is 6.08 Å². The summed E-state index contributed by atoms with van der Waals surface area (Å²) in [7, 11) is 0. The highest BCUT2D eigenvalue weighted by molar-refractivity contribution is 5.82. The van der Waals surface area contributed by atoms with Crippen LogP contribution in [0, 0.1) is 0 Å². The summed E-state index contributed by atoms with van der Waals surface area (Å²) in [5.41, 5.74) is 0. The van der Waals surface area contributed by atoms with Gasteiger partial charge in [-0.3, -0.25) is 0 Å². The van der Waals surface area contributed by atoms with Crippen LogP contribution in [0.4, 0.5) is 0 Å². The molecule has 24 heavy (non-hydrogen) atoms. The van der Waals surface area contributed by atoms with E-state index >= 15 is 0 Å². The minimum Gasteiger partial charge on any atom is -0.463 e. The van der Waals surface area contributed by atoms with Crippen LogP contribution in [0.25, 0.3) is 0 Å². The molecule has 0 radical (unpaired) electrons. The van der Waals surface area contributed by atoms with E-state index in [0.29, 0.717) is 25.4 Å². The molecule has 1 heterocycles. The zero-order valence-electron chi connectivity index (χ0n) is 15.1. The van der Waals surface area contributed by atoms with Crippen LogP contribution in [-0.2, 0) is 14.3 Å². The van der Waals surface area contributed by atoms with Crippen LogP contribution in [0.2, 0.25) is 0 Å². The van der Waals surface area contributed by atoms with Crippen molar-refractivity contribution < 1.29 is 19.4 Å². The van der Waals surface area contributed by atoms with Crippen molar-refractivity contribution in [2.45, 2.75) is 83.3 Å². The van der Waals surface area contributed by atoms with Crippen LogP contribution < -0.4 is 0 Å². The zero-order valence-corrected chi connectivity index (χ0v) is 15.1. The molecule has 1 saturated heterocycles. The van der Waals surface area contributed by atoms with Crippen molar-refractivity contribution in [3.8, 4) is 0 Å². The summed E-state index contributed by atoms with van der Waals surface area (Å²) < 4.78 is 10.5. The molecule has 4 nitrogen and oxygen atoms in total. The normalized spacial score (nSPS) is 20.1. The number of carbonyl (C=O) groups excluding carboxylic acids is 1. The maximum absolute atomic E-state index is 11.1. The predicted molar refractivity (Wildman–Crippen MR) is 96.8 cm³/mol. The number of unbranched alkanes of at least 4 members (excludes halogenated alkanes) is 6. The number of esters is 1. The zero-order chi connectivity index (χ0) is 17.5. The van der Waals surface area contributed by atoms with Gasteiger partial charge in [0, 0.05) is 12.7 Å². The quantitative estimate of drug-likeness (QED) is 0.159. The minimum atomic E-state index is -0.287. The van der Waals surface area contributed by atoms with Crippen molar-refractivity contribution in [2.24, 2.45) is 0 Å². The van der Waals surface area contributed by atoms with E-state index in [0.717, 1.165) is 32.1 Å². The van der Waals surface area contributed by atoms with E-state index in [-0.39, 0.29) is 5.97 Å². The first-order valence-corrected chi connectivity index (χ1v) is 9.54. The number of hydrogen-bond acceptors (Lipinski definition) is 4. The van der Waals surface area contributed by atoms with Gasteiger partial charge in [0.25, 0.3) is 0 Å². The molecule has 0 bridgehead atoms. The van der Waals surface area contributed by atoms with E-state index in [1.54, 1.807) is 13.0 Å². The monoisotopic (exact) mass is 338 g/mol. The molecule has 0 saturated carbocycles. The standard InChI is InChI=1S/C20H34O4/c1-2-23-20(22)16-12-8-5-7-11-15-19-18(24-19)14-10-6-3-4-9-13-17-21/h5,8,12,16,18-19,21H,2-4,6-7,9-11,13-15,17H2,1H3. The molecule has 0 aliphatic carbocycles. The highest BCUT2D eigenvalue weighted by Gasteiger charge is 2.36. The van der Waals surface area contributed by atoms with Gasteiger partial charge in [-0.2, -0.15) is 0 Å². The van der Waals surface area contributed by atoms with Gasteiger partial charge in [0.1, 0.15) is 0 Å². The van der Waals surface area contributed by atoms with Crippen LogP contribution in [0.5, 0.6) is 0 Å². The fraction of sp³-hybridized carbons (Fsp3) is 0.750. The lowest BCUT2D eigenvalue weighted by Crippen LogP contribution is -1.98. The van der Waals surface area contributed by atoms with E-state index in [4.69, 9.17) is 14.6 Å². The molecule has 2 atom stereocenters. The van der Waals surface area contributed by atoms with E-state index < -0.39 is 0 Å². The molecule has 1 rings (SSSR count). The first-order chi connectivity index (χ1) is 11.8. The highest BCUT2D eigenvalue weighted by Crippen LogP contribution is 2.31. The van der Waals surface area contributed by atoms with E-state index in [1.165, 1.54) is 38.2 Å². The number of epoxide rings is 1. The minimum absolute atomic E-state index is 0.287. The SMILES string of the molecule is CCOC(=O)C=CC=CCCCC1OC1CCCCCCCCO. The van der Waals surface area contributed by atoms with Gasteiger partial charge in [-0.15, -0.1) is 0 Å². The fourth-order valence-electron chi connectivity index (χ4n) is 2.79. The van der Waals surface area contributed by atoms with Gasteiger partial charge >= 0.3 is 5.97 Å². The lowest BCUT2D eigenvalue weighted by molar-refractivity contribution is -0.137. The number of ether oxygens (including phenoxy) is 2. The molecule has 2 unspecified atom stereocenters. The molecular formula is C20H34O4. The Labute approximate surface area is 146 Å². The summed E-state index contributed by atoms with van der Waals surface area (Å²) in [6.45, 7) is 2.54. The van der Waals surface area contributed by atoms with Crippen molar-refractivity contribution >= 4 is 5.97 Å². The summed E-state index contributed by atoms with van der Waals surface area (Å²) in [6, 6.07) is 0. The fourth-order valence-corrected chi connectivity index (χ4v) is 2.79. The Balaban J connectivity index is 1.87. The molecule has 1 fully saturated rings. The first kappa shape index (κ1) is 20.9. The van der Waals surface area contributed by atoms with Crippen LogP contribution >= 0.6 is 0 Å². The second kappa shape index (κ2) is 14.2. The van der Waals surface area contributed by atoms with Crippen LogP contribution in [0.1, 0.15) is 71.1 Å². The van der Waals surface area contributed by atoms with Gasteiger partial charge in [0.15, 0.2) is 0 Å². The lowest BCUT2D eigenvalue weighted by Gasteiger charge is -1.99. The summed E-state index contributed by atoms with van der Waals surface area (Å²) in [5, 5.41) is 8.71. The highest BCUT2D eigenvalue weighted by atomic mass is 16.6. The molecule has 1 aliphatic rings. The lowest BCUT2D eigenvalue weighted by atomic mass is 10.1. The summed E-state index contributed by atoms with van der Waals surface area (Å²) in [5.74, 6) is -0.287. The molecule has 0 aromatic heterocycles. The third-order valence-corrected chi connectivity index (χ3v) is 4.21. The van der Waals surface area contributed by atoms with E-state index in [9.17, 15) is 4.79 Å². The molecule has 0 aromatic carbocycles. The number of aliphatic hydroxyl groups excluding tert-OH is 1. The Morgan fingerprint density at radius 2 is 1.67 bits per heavy atom. The molecule has 138 valence electrons. The second-order valence-electron chi connectivity index (χ2n) is 6.32. The van der Waals surface area contributed by atoms with Gasteiger partial charge in [0.05, 0.1) is 18.8 Å². The van der Waals surface area contributed by atoms with Crippen LogP contribution in [0.15, 0.2) is 24.3 Å². The van der Waals surface area contributed by atoms with Gasteiger partial charge in [0.2, 0.25) is 0 Å². The van der Waals surface area contributed by atoms with Crippen molar-refractivity contribution in [1.82, 2.24) is 0 Å². The first-order valence-electron chi connectivity index (χ1n) is 9.54. The number of aliphatic hydroxyl groups is 1. The number of rotatable bonds is 15. The van der Waals surface area contributed by atoms with Crippen molar-refractivity contribution in [3.63, 3.8) is 0 Å². The van der Waals surface area contributed by atoms with Crippen LogP contribution in [-0.4, -0.2) is 36.5 Å². The molecule has 0 aromatic rings. The topological polar surface area (TPSA) is 59.1 Å². The van der Waals surface area contributed by atoms with Gasteiger partial charge in [-0.1, -0.05) is 50.3 Å². The number of hydrogen-bond donors (Lipinski definition) is 1. The number of carbonyl (C=O) groups is 1. The summed E-state index contributed by atoms with van der Waals surface area (Å²) in [4.78, 5) is 11.1. The number of allylic oxidation sites excluding steroid dienone is 3. The molecule has 1 N–H and O–H groups in total. The van der Waals surface area contributed by atoms with Crippen molar-refractivity contribution in [3.05, 3.63) is 24.3 Å². The Hall–Kier alpha value is -1.13. The van der Waals surface area contributed by atoms with Gasteiger partial charge < -0.3 is 14.6 Å². The van der Waals surface area contributed by atoms with Crippen molar-refractivity contribution in [1.29, 1.82) is 0 Å². The Kier molecular flexibility index (Phi) is 12.4. The van der Waals surface area contributed by atoms with E-state index in [2.05, 4.69) is 6.08 Å². The predicted octanol–water partition coefficient (Wildman–Crippen LogP) is 4.32. The third kappa shape index (κ3) is 11.4. The van der Waals surface area contributed by atoms with Crippen LogP contribution in [0.3, 0.4) is 0 Å². The van der Waals surface area contributed by atoms with Gasteiger partial charge in [-0.25, -0.2) is 4.79 Å². The summed E-state index contributed by atoms with van der Waals surface area (Å²) >= 11 is 0. The summed E-state index contributed by atoms with van der Waals surface area (Å²) in [6.07, 6.45) is 19.8. The second-order valence-corrected chi connectivity index (χ2v) is 6.32. The average Bonchev–Trinajstić information content (AvgIpc) is 3.31. The van der Waals surface area contributed by atoms with Gasteiger partial charge in [-0.05, 0) is 39.0 Å². The average molecular weight is 338 g/mol. The van der Waals surface area contributed by atoms with Crippen molar-refractivity contribution in [2.75, 3.05) is 13.2 Å². The maximum atomic E-state index is 11.1. The Morgan fingerprint density at radius 1 is 1.00 bits per heavy atom. The molecule has 0 spiro atoms. The molecular weight excluding hydrogens is 304 g/mol. The molecule has 4 heteroatoms. The maximum Gasteiger partial charge on any atom is 0.330 e. The third-order valence-electron chi connectivity index (χ3n) is 4.21. The Morgan fingerprint density at radius 3 is 2.38 bits per heavy atom. The molecule has 0 amide bonds. The smallest absolute Gasteiger partial charge is 0.330 e. The largest absolute Gasteiger partial charge is 0.463 e. The molecule has 1 aliphatic heterocycles. The Bertz CT molecular complexity index is 376.